The summed E-state index contributed by atoms with van der Waals surface area (Å²) in [5, 5.41) is 18.3. The van der Waals surface area contributed by atoms with Gasteiger partial charge in [-0.1, -0.05) is 38.1 Å². The number of amides is 1. The summed E-state index contributed by atoms with van der Waals surface area (Å²) < 4.78 is 25.0. The third-order valence-corrected chi connectivity index (χ3v) is 5.35. The van der Waals surface area contributed by atoms with Gasteiger partial charge in [-0.25, -0.2) is 5.14 Å². The molecule has 1 saturated heterocycles. The van der Waals surface area contributed by atoms with Crippen molar-refractivity contribution in [1.82, 2.24) is 15.4 Å². The zero-order chi connectivity index (χ0) is 21.8. The van der Waals surface area contributed by atoms with E-state index < -0.39 is 40.2 Å². The van der Waals surface area contributed by atoms with E-state index in [-0.39, 0.29) is 11.6 Å². The number of rotatable bonds is 9. The topological polar surface area (TPSA) is 180 Å². The highest BCUT2D eigenvalue weighted by atomic mass is 32.2. The maximum atomic E-state index is 13.1. The summed E-state index contributed by atoms with van der Waals surface area (Å²) in [4.78, 5) is 25.9. The molecule has 8 N–H and O–H groups in total. The van der Waals surface area contributed by atoms with Crippen molar-refractivity contribution in [2.75, 3.05) is 6.54 Å². The largest absolute Gasteiger partial charge is 0.384 e. The second kappa shape index (κ2) is 9.44. The molecule has 29 heavy (non-hydrogen) atoms. The van der Waals surface area contributed by atoms with Gasteiger partial charge in [0.15, 0.2) is 5.78 Å². The molecule has 1 aliphatic rings. The lowest BCUT2D eigenvalue weighted by Crippen LogP contribution is -2.53. The number of carbonyl (C=O) groups is 2. The van der Waals surface area contributed by atoms with Crippen molar-refractivity contribution in [3.8, 4) is 0 Å². The molecule has 2 rings (SSSR count). The van der Waals surface area contributed by atoms with Crippen LogP contribution in [0.25, 0.3) is 0 Å². The molecule has 0 radical (unpaired) electrons. The van der Waals surface area contributed by atoms with Crippen molar-refractivity contribution in [2.45, 2.75) is 44.8 Å². The number of hydrogen-bond donors (Lipinski definition) is 6. The van der Waals surface area contributed by atoms with Gasteiger partial charge in [-0.15, -0.1) is 0 Å². The molecule has 3 atom stereocenters. The van der Waals surface area contributed by atoms with Gasteiger partial charge in [0.05, 0.1) is 6.04 Å². The zero-order valence-electron chi connectivity index (χ0n) is 16.4. The molecule has 10 nitrogen and oxygen atoms in total. The minimum atomic E-state index is -4.11. The van der Waals surface area contributed by atoms with Crippen LogP contribution < -0.4 is 26.2 Å². The molecular weight excluding hydrogens is 396 g/mol. The van der Waals surface area contributed by atoms with Crippen LogP contribution in [-0.4, -0.2) is 44.6 Å². The summed E-state index contributed by atoms with van der Waals surface area (Å²) >= 11 is 0. The predicted octanol–water partition coefficient (Wildman–Crippen LogP) is -0.733. The van der Waals surface area contributed by atoms with Gasteiger partial charge in [0.2, 0.25) is 5.91 Å². The van der Waals surface area contributed by atoms with E-state index in [9.17, 15) is 18.0 Å². The second-order valence-electron chi connectivity index (χ2n) is 7.41. The normalized spacial score (nSPS) is 19.0. The summed E-state index contributed by atoms with van der Waals surface area (Å²) in [6, 6.07) is 3.90. The summed E-state index contributed by atoms with van der Waals surface area (Å²) in [6.45, 7) is 4.04. The quantitative estimate of drug-likeness (QED) is 0.224. The number of Topliss-reactive ketones (excluding diaryl/α,β-unsaturated/α-hetero) is 1. The van der Waals surface area contributed by atoms with Crippen LogP contribution in [0.1, 0.15) is 43.9 Å². The van der Waals surface area contributed by atoms with Crippen LogP contribution in [0.2, 0.25) is 0 Å². The number of hydrogen-bond acceptors (Lipinski definition) is 6. The van der Waals surface area contributed by atoms with Crippen LogP contribution in [-0.2, 0) is 19.8 Å². The fourth-order valence-electron chi connectivity index (χ4n) is 3.20. The van der Waals surface area contributed by atoms with E-state index >= 15 is 0 Å². The maximum absolute atomic E-state index is 13.1. The first-order valence-corrected chi connectivity index (χ1v) is 10.9. The Morgan fingerprint density at radius 2 is 1.86 bits per heavy atom. The van der Waals surface area contributed by atoms with Crippen molar-refractivity contribution in [1.29, 1.82) is 5.41 Å². The minimum absolute atomic E-state index is 0.113. The number of nitrogens with two attached hydrogens (primary N) is 2. The Hall–Kier alpha value is -2.34. The molecule has 1 amide bonds. The lowest BCUT2D eigenvalue weighted by Gasteiger charge is -2.26. The molecule has 0 aliphatic carbocycles. The van der Waals surface area contributed by atoms with Crippen molar-refractivity contribution < 1.29 is 18.0 Å². The van der Waals surface area contributed by atoms with Crippen molar-refractivity contribution in [3.05, 3.63) is 35.4 Å². The van der Waals surface area contributed by atoms with E-state index in [1.54, 1.807) is 38.1 Å². The van der Waals surface area contributed by atoms with Gasteiger partial charge >= 0.3 is 0 Å². The van der Waals surface area contributed by atoms with Gasteiger partial charge in [-0.05, 0) is 30.9 Å². The Kier molecular flexibility index (Phi) is 7.47. The van der Waals surface area contributed by atoms with Crippen molar-refractivity contribution in [2.24, 2.45) is 16.8 Å². The Labute approximate surface area is 170 Å². The van der Waals surface area contributed by atoms with Crippen LogP contribution in [0, 0.1) is 11.3 Å². The van der Waals surface area contributed by atoms with Gasteiger partial charge in [-0.3, -0.25) is 15.0 Å². The number of ketones is 1. The van der Waals surface area contributed by atoms with E-state index in [0.29, 0.717) is 24.1 Å². The number of carbonyl (C=O) groups excluding carboxylic acids is 2. The summed E-state index contributed by atoms with van der Waals surface area (Å²) in [6.07, 6.45) is 1.50. The van der Waals surface area contributed by atoms with Gasteiger partial charge < -0.3 is 16.4 Å². The molecule has 0 saturated carbocycles. The Morgan fingerprint density at radius 1 is 1.24 bits per heavy atom. The van der Waals surface area contributed by atoms with E-state index in [2.05, 4.69) is 15.4 Å². The van der Waals surface area contributed by atoms with Gasteiger partial charge in [0.1, 0.15) is 17.9 Å². The molecule has 1 aliphatic heterocycles. The van der Waals surface area contributed by atoms with E-state index in [0.717, 1.165) is 6.42 Å². The molecule has 1 fully saturated rings. The highest BCUT2D eigenvalue weighted by Crippen LogP contribution is 2.21. The van der Waals surface area contributed by atoms with Crippen LogP contribution in [0.15, 0.2) is 24.3 Å². The smallest absolute Gasteiger partial charge is 0.275 e. The van der Waals surface area contributed by atoms with E-state index in [1.807, 2.05) is 0 Å². The summed E-state index contributed by atoms with van der Waals surface area (Å²) in [5.41, 5.74) is 6.47. The third-order valence-electron chi connectivity index (χ3n) is 4.77. The Morgan fingerprint density at radius 3 is 2.31 bits per heavy atom. The highest BCUT2D eigenvalue weighted by Gasteiger charge is 2.34. The molecular formula is C18H28N6O4S. The lowest BCUT2D eigenvalue weighted by molar-refractivity contribution is -0.130. The monoisotopic (exact) mass is 424 g/mol. The molecule has 1 heterocycles. The molecule has 11 heteroatoms. The molecule has 1 aromatic carbocycles. The number of amidine groups is 1. The molecule has 0 spiro atoms. The highest BCUT2D eigenvalue weighted by molar-refractivity contribution is 7.87. The minimum Gasteiger partial charge on any atom is -0.384 e. The lowest BCUT2D eigenvalue weighted by atomic mass is 9.94. The fourth-order valence-corrected chi connectivity index (χ4v) is 3.94. The number of benzene rings is 1. The zero-order valence-corrected chi connectivity index (χ0v) is 17.3. The van der Waals surface area contributed by atoms with E-state index in [4.69, 9.17) is 16.3 Å². The van der Waals surface area contributed by atoms with Crippen LogP contribution >= 0.6 is 0 Å². The summed E-state index contributed by atoms with van der Waals surface area (Å²) in [5.74, 6) is -1.38. The van der Waals surface area contributed by atoms with Crippen molar-refractivity contribution in [3.63, 3.8) is 0 Å². The first kappa shape index (κ1) is 22.9. The fraction of sp³-hybridized carbons (Fsp3) is 0.500. The van der Waals surface area contributed by atoms with Gasteiger partial charge in [0, 0.05) is 5.56 Å². The predicted molar refractivity (Wildman–Crippen MR) is 109 cm³/mol. The van der Waals surface area contributed by atoms with Crippen molar-refractivity contribution >= 4 is 27.7 Å². The standard InChI is InChI=1S/C18H28N6O4S/c1-10(2)14(24-29(21,27)28)18(26)23-15(16(25)13-4-3-9-22-13)11-5-7-12(8-6-11)17(19)20/h5-8,10,13-15,22,24H,3-4,9H2,1-2H3,(H3,19,20)(H,23,26)(H2,21,27,28)/t13-,14+,15?/m0/s1. The average Bonchev–Trinajstić information content (AvgIpc) is 3.17. The first-order valence-electron chi connectivity index (χ1n) is 9.31. The number of nitrogens with one attached hydrogen (secondary N) is 4. The van der Waals surface area contributed by atoms with Gasteiger partial charge in [-0.2, -0.15) is 13.1 Å². The molecule has 1 unspecified atom stereocenters. The maximum Gasteiger partial charge on any atom is 0.275 e. The average molecular weight is 425 g/mol. The van der Waals surface area contributed by atoms with Crippen LogP contribution in [0.4, 0.5) is 0 Å². The molecule has 1 aromatic rings. The first-order chi connectivity index (χ1) is 13.5. The van der Waals surface area contributed by atoms with E-state index in [1.165, 1.54) is 0 Å². The molecule has 0 aromatic heterocycles. The molecule has 160 valence electrons. The van der Waals surface area contributed by atoms with Crippen LogP contribution in [0.3, 0.4) is 0 Å². The van der Waals surface area contributed by atoms with Crippen LogP contribution in [0.5, 0.6) is 0 Å². The number of nitrogen functional groups attached to an aromatic ring is 1. The Balaban J connectivity index is 2.32. The third kappa shape index (κ3) is 6.32. The summed E-state index contributed by atoms with van der Waals surface area (Å²) in [7, 11) is -4.11. The SMILES string of the molecule is CC(C)[C@@H](NS(N)(=O)=O)C(=O)NC(C(=O)[C@@H]1CCCN1)c1ccc(C(=N)N)cc1. The second-order valence-corrected chi connectivity index (χ2v) is 8.74. The Bertz CT molecular complexity index is 863. The molecule has 0 bridgehead atoms. The van der Waals surface area contributed by atoms with Gasteiger partial charge in [0.25, 0.3) is 10.2 Å².